The molecule has 2 amide bonds. The summed E-state index contributed by atoms with van der Waals surface area (Å²) in [6.45, 7) is -0.366. The van der Waals surface area contributed by atoms with E-state index in [4.69, 9.17) is 10.2 Å². The fraction of sp³-hybridized carbons (Fsp3) is 0.800. The standard InChI is InChI=1S/C10H18N2O6S/c13-4-3-8(9(14)15)12-10(16)11-7-2-1-5-19(17,18)6-7/h7-8,13H,1-6H2,(H,14,15)(H2,11,12,16). The molecule has 1 aliphatic heterocycles. The van der Waals surface area contributed by atoms with E-state index in [-0.39, 0.29) is 24.5 Å². The van der Waals surface area contributed by atoms with Gasteiger partial charge in [0.1, 0.15) is 6.04 Å². The number of carboxylic acid groups (broad SMARTS) is 1. The van der Waals surface area contributed by atoms with E-state index in [2.05, 4.69) is 10.6 Å². The SMILES string of the molecule is O=C(NC1CCCS(=O)(=O)C1)NC(CCO)C(=O)O. The highest BCUT2D eigenvalue weighted by molar-refractivity contribution is 7.91. The number of amides is 2. The second kappa shape index (κ2) is 6.71. The second-order valence-electron chi connectivity index (χ2n) is 4.47. The van der Waals surface area contributed by atoms with Crippen molar-refractivity contribution in [2.45, 2.75) is 31.3 Å². The number of rotatable bonds is 5. The van der Waals surface area contributed by atoms with Crippen LogP contribution in [0.3, 0.4) is 0 Å². The van der Waals surface area contributed by atoms with Crippen molar-refractivity contribution in [3.8, 4) is 0 Å². The molecule has 8 nitrogen and oxygen atoms in total. The van der Waals surface area contributed by atoms with Gasteiger partial charge in [0.05, 0.1) is 11.5 Å². The number of aliphatic hydroxyl groups excluding tert-OH is 1. The zero-order valence-electron chi connectivity index (χ0n) is 10.3. The molecule has 2 unspecified atom stereocenters. The van der Waals surface area contributed by atoms with Crippen molar-refractivity contribution in [3.63, 3.8) is 0 Å². The molecule has 0 aromatic rings. The maximum atomic E-state index is 11.5. The van der Waals surface area contributed by atoms with E-state index in [1.54, 1.807) is 0 Å². The van der Waals surface area contributed by atoms with Gasteiger partial charge in [-0.1, -0.05) is 0 Å². The molecule has 0 aromatic carbocycles. The van der Waals surface area contributed by atoms with Crippen LogP contribution in [0, 0.1) is 0 Å². The minimum atomic E-state index is -3.13. The number of nitrogens with one attached hydrogen (secondary N) is 2. The summed E-state index contributed by atoms with van der Waals surface area (Å²) in [7, 11) is -3.13. The van der Waals surface area contributed by atoms with Gasteiger partial charge in [-0.3, -0.25) is 0 Å². The zero-order valence-corrected chi connectivity index (χ0v) is 11.1. The summed E-state index contributed by atoms with van der Waals surface area (Å²) in [4.78, 5) is 22.3. The number of aliphatic carboxylic acids is 1. The normalized spacial score (nSPS) is 23.3. The number of carbonyl (C=O) groups excluding carboxylic acids is 1. The van der Waals surface area contributed by atoms with Crippen molar-refractivity contribution < 1.29 is 28.2 Å². The van der Waals surface area contributed by atoms with Gasteiger partial charge in [0.25, 0.3) is 0 Å². The van der Waals surface area contributed by atoms with Crippen molar-refractivity contribution >= 4 is 21.8 Å². The van der Waals surface area contributed by atoms with E-state index in [1.807, 2.05) is 0 Å². The molecule has 0 aromatic heterocycles. The number of carboxylic acids is 1. The first-order valence-electron chi connectivity index (χ1n) is 5.95. The summed E-state index contributed by atoms with van der Waals surface area (Å²) < 4.78 is 22.8. The van der Waals surface area contributed by atoms with Gasteiger partial charge in [-0.15, -0.1) is 0 Å². The average molecular weight is 294 g/mol. The quantitative estimate of drug-likeness (QED) is 0.498. The Hall–Kier alpha value is -1.35. The summed E-state index contributed by atoms with van der Waals surface area (Å²) >= 11 is 0. The Bertz CT molecular complexity index is 435. The van der Waals surface area contributed by atoms with Crippen LogP contribution >= 0.6 is 0 Å². The Labute approximate surface area is 111 Å². The third-order valence-corrected chi connectivity index (χ3v) is 4.64. The molecular formula is C10H18N2O6S. The molecule has 9 heteroatoms. The number of urea groups is 1. The van der Waals surface area contributed by atoms with Crippen LogP contribution in [0.15, 0.2) is 0 Å². The van der Waals surface area contributed by atoms with E-state index >= 15 is 0 Å². The fourth-order valence-electron chi connectivity index (χ4n) is 1.91. The van der Waals surface area contributed by atoms with Crippen LogP contribution in [0.4, 0.5) is 4.79 Å². The molecule has 0 saturated carbocycles. The number of hydrogen-bond donors (Lipinski definition) is 4. The molecule has 0 aliphatic carbocycles. The van der Waals surface area contributed by atoms with E-state index in [0.29, 0.717) is 12.8 Å². The molecule has 0 spiro atoms. The van der Waals surface area contributed by atoms with Crippen LogP contribution < -0.4 is 10.6 Å². The van der Waals surface area contributed by atoms with E-state index < -0.39 is 33.9 Å². The van der Waals surface area contributed by atoms with Crippen LogP contribution in [0.2, 0.25) is 0 Å². The lowest BCUT2D eigenvalue weighted by atomic mass is 10.2. The largest absolute Gasteiger partial charge is 0.480 e. The molecule has 110 valence electrons. The average Bonchev–Trinajstić information content (AvgIpc) is 2.26. The van der Waals surface area contributed by atoms with E-state index in [9.17, 15) is 18.0 Å². The minimum Gasteiger partial charge on any atom is -0.480 e. The Balaban J connectivity index is 2.48. The predicted molar refractivity (Wildman–Crippen MR) is 66.5 cm³/mol. The molecule has 1 aliphatic rings. The molecule has 0 bridgehead atoms. The summed E-state index contributed by atoms with van der Waals surface area (Å²) in [5, 5.41) is 22.1. The van der Waals surface area contributed by atoms with Crippen LogP contribution in [0.1, 0.15) is 19.3 Å². The summed E-state index contributed by atoms with van der Waals surface area (Å²) in [6.07, 6.45) is 0.919. The molecule has 1 saturated heterocycles. The molecule has 19 heavy (non-hydrogen) atoms. The van der Waals surface area contributed by atoms with Crippen molar-refractivity contribution in [1.82, 2.24) is 10.6 Å². The van der Waals surface area contributed by atoms with Gasteiger partial charge in [0.15, 0.2) is 9.84 Å². The molecule has 0 radical (unpaired) electrons. The topological polar surface area (TPSA) is 133 Å². The molecule has 2 atom stereocenters. The first-order valence-corrected chi connectivity index (χ1v) is 7.77. The van der Waals surface area contributed by atoms with Gasteiger partial charge >= 0.3 is 12.0 Å². The van der Waals surface area contributed by atoms with Gasteiger partial charge in [-0.25, -0.2) is 18.0 Å². The van der Waals surface area contributed by atoms with Gasteiger partial charge in [-0.2, -0.15) is 0 Å². The second-order valence-corrected chi connectivity index (χ2v) is 6.70. The maximum Gasteiger partial charge on any atom is 0.326 e. The Morgan fingerprint density at radius 2 is 2.05 bits per heavy atom. The van der Waals surface area contributed by atoms with Crippen molar-refractivity contribution in [2.24, 2.45) is 0 Å². The highest BCUT2D eigenvalue weighted by atomic mass is 32.2. The lowest BCUT2D eigenvalue weighted by Gasteiger charge is -2.24. The highest BCUT2D eigenvalue weighted by Gasteiger charge is 2.27. The highest BCUT2D eigenvalue weighted by Crippen LogP contribution is 2.11. The first kappa shape index (κ1) is 15.7. The third kappa shape index (κ3) is 5.43. The molecule has 1 fully saturated rings. The number of sulfone groups is 1. The lowest BCUT2D eigenvalue weighted by Crippen LogP contribution is -2.51. The molecular weight excluding hydrogens is 276 g/mol. The van der Waals surface area contributed by atoms with Crippen LogP contribution in [0.25, 0.3) is 0 Å². The molecule has 1 heterocycles. The maximum absolute atomic E-state index is 11.5. The van der Waals surface area contributed by atoms with Crippen molar-refractivity contribution in [1.29, 1.82) is 0 Å². The third-order valence-electron chi connectivity index (χ3n) is 2.82. The van der Waals surface area contributed by atoms with E-state index in [1.165, 1.54) is 0 Å². The monoisotopic (exact) mass is 294 g/mol. The molecule has 1 rings (SSSR count). The Kier molecular flexibility index (Phi) is 5.55. The zero-order chi connectivity index (χ0) is 14.5. The molecule has 4 N–H and O–H groups in total. The van der Waals surface area contributed by atoms with E-state index in [0.717, 1.165) is 0 Å². The number of hydrogen-bond acceptors (Lipinski definition) is 5. The summed E-state index contributed by atoms with van der Waals surface area (Å²) in [5.74, 6) is -1.26. The van der Waals surface area contributed by atoms with Gasteiger partial charge < -0.3 is 20.8 Å². The first-order chi connectivity index (χ1) is 8.84. The van der Waals surface area contributed by atoms with Crippen molar-refractivity contribution in [2.75, 3.05) is 18.1 Å². The number of carbonyl (C=O) groups is 2. The van der Waals surface area contributed by atoms with Crippen LogP contribution in [0.5, 0.6) is 0 Å². The van der Waals surface area contributed by atoms with Crippen LogP contribution in [-0.2, 0) is 14.6 Å². The smallest absolute Gasteiger partial charge is 0.326 e. The Morgan fingerprint density at radius 3 is 2.58 bits per heavy atom. The number of aliphatic hydroxyl groups is 1. The minimum absolute atomic E-state index is 0.105. The lowest BCUT2D eigenvalue weighted by molar-refractivity contribution is -0.139. The van der Waals surface area contributed by atoms with Gasteiger partial charge in [0, 0.05) is 19.1 Å². The summed E-state index contributed by atoms with van der Waals surface area (Å²) in [5.41, 5.74) is 0. The fourth-order valence-corrected chi connectivity index (χ4v) is 3.54. The van der Waals surface area contributed by atoms with Gasteiger partial charge in [-0.05, 0) is 12.8 Å². The Morgan fingerprint density at radius 1 is 1.37 bits per heavy atom. The van der Waals surface area contributed by atoms with Crippen LogP contribution in [-0.4, -0.2) is 60.8 Å². The van der Waals surface area contributed by atoms with Gasteiger partial charge in [0.2, 0.25) is 0 Å². The predicted octanol–water partition coefficient (Wildman–Crippen LogP) is -1.30. The summed E-state index contributed by atoms with van der Waals surface area (Å²) in [6, 6.07) is -2.42. The van der Waals surface area contributed by atoms with Crippen molar-refractivity contribution in [3.05, 3.63) is 0 Å².